The van der Waals surface area contributed by atoms with Crippen LogP contribution in [0.4, 0.5) is 5.00 Å². The molecule has 0 aromatic carbocycles. The van der Waals surface area contributed by atoms with Gasteiger partial charge in [-0.3, -0.25) is 14.9 Å². The van der Waals surface area contributed by atoms with E-state index in [1.165, 1.54) is 6.07 Å². The van der Waals surface area contributed by atoms with Crippen molar-refractivity contribution in [1.29, 1.82) is 0 Å². The molecule has 1 N–H and O–H groups in total. The number of nitrogens with zero attached hydrogens (tertiary/aromatic N) is 2. The molecule has 7 heteroatoms. The zero-order valence-electron chi connectivity index (χ0n) is 9.38. The van der Waals surface area contributed by atoms with Crippen molar-refractivity contribution >= 4 is 22.2 Å². The predicted molar refractivity (Wildman–Crippen MR) is 64.3 cm³/mol. The normalized spacial score (nSPS) is 19.2. The molecule has 1 aromatic heterocycles. The van der Waals surface area contributed by atoms with Gasteiger partial charge in [-0.25, -0.2) is 0 Å². The number of hydrogen-bond acceptors (Lipinski definition) is 5. The lowest BCUT2D eigenvalue weighted by molar-refractivity contribution is -0.380. The van der Waals surface area contributed by atoms with Crippen LogP contribution in [0, 0.1) is 10.1 Å². The Morgan fingerprint density at radius 1 is 1.71 bits per heavy atom. The SMILES string of the molecule is CN(C(=O)c1csc([N+](=O)[O-])c1)C1CCNC1. The molecule has 1 aliphatic rings. The summed E-state index contributed by atoms with van der Waals surface area (Å²) in [4.78, 5) is 23.8. The number of rotatable bonds is 3. The van der Waals surface area contributed by atoms with E-state index in [9.17, 15) is 14.9 Å². The third kappa shape index (κ3) is 2.45. The number of carbonyl (C=O) groups is 1. The minimum atomic E-state index is -0.474. The Hall–Kier alpha value is -1.47. The van der Waals surface area contributed by atoms with Gasteiger partial charge in [-0.05, 0) is 13.0 Å². The predicted octanol–water partition coefficient (Wildman–Crippen LogP) is 1.09. The van der Waals surface area contributed by atoms with Gasteiger partial charge in [-0.2, -0.15) is 0 Å². The van der Waals surface area contributed by atoms with Crippen LogP contribution in [-0.4, -0.2) is 41.9 Å². The topological polar surface area (TPSA) is 75.5 Å². The molecular weight excluding hydrogens is 242 g/mol. The second-order valence-electron chi connectivity index (χ2n) is 3.99. The average molecular weight is 255 g/mol. The van der Waals surface area contributed by atoms with Crippen molar-refractivity contribution in [1.82, 2.24) is 10.2 Å². The Labute approximate surface area is 102 Å². The number of likely N-dealkylation sites (N-methyl/N-ethyl adjacent to an activating group) is 1. The molecule has 0 aliphatic carbocycles. The van der Waals surface area contributed by atoms with Crippen LogP contribution in [0.2, 0.25) is 0 Å². The smallest absolute Gasteiger partial charge is 0.324 e. The number of amides is 1. The fraction of sp³-hybridized carbons (Fsp3) is 0.500. The summed E-state index contributed by atoms with van der Waals surface area (Å²) < 4.78 is 0. The van der Waals surface area contributed by atoms with Crippen molar-refractivity contribution in [3.05, 3.63) is 27.1 Å². The second-order valence-corrected chi connectivity index (χ2v) is 4.88. The molecule has 1 atom stereocenters. The summed E-state index contributed by atoms with van der Waals surface area (Å²) in [6.07, 6.45) is 0.925. The van der Waals surface area contributed by atoms with Gasteiger partial charge in [-0.15, -0.1) is 0 Å². The van der Waals surface area contributed by atoms with Crippen LogP contribution in [0.5, 0.6) is 0 Å². The van der Waals surface area contributed by atoms with E-state index in [-0.39, 0.29) is 17.0 Å². The van der Waals surface area contributed by atoms with Crippen LogP contribution in [0.1, 0.15) is 16.8 Å². The quantitative estimate of drug-likeness (QED) is 0.648. The Balaban J connectivity index is 2.09. The molecule has 6 nitrogen and oxygen atoms in total. The van der Waals surface area contributed by atoms with Crippen LogP contribution in [0.3, 0.4) is 0 Å². The van der Waals surface area contributed by atoms with E-state index in [0.29, 0.717) is 5.56 Å². The van der Waals surface area contributed by atoms with Gasteiger partial charge in [0, 0.05) is 31.1 Å². The van der Waals surface area contributed by atoms with E-state index in [4.69, 9.17) is 0 Å². The molecular formula is C10H13N3O3S. The van der Waals surface area contributed by atoms with E-state index in [1.54, 1.807) is 17.3 Å². The molecule has 1 aromatic rings. The van der Waals surface area contributed by atoms with Crippen molar-refractivity contribution in [2.24, 2.45) is 0 Å². The number of hydrogen-bond donors (Lipinski definition) is 1. The third-order valence-corrected chi connectivity index (χ3v) is 3.80. The first-order valence-corrected chi connectivity index (χ1v) is 6.18. The van der Waals surface area contributed by atoms with E-state index in [1.807, 2.05) is 0 Å². The number of nitro groups is 1. The molecule has 1 unspecified atom stereocenters. The highest BCUT2D eigenvalue weighted by molar-refractivity contribution is 7.13. The molecule has 2 heterocycles. The van der Waals surface area contributed by atoms with Gasteiger partial charge >= 0.3 is 5.00 Å². The summed E-state index contributed by atoms with van der Waals surface area (Å²) >= 11 is 0.984. The van der Waals surface area contributed by atoms with E-state index < -0.39 is 4.92 Å². The third-order valence-electron chi connectivity index (χ3n) is 2.91. The minimum absolute atomic E-state index is 0.00583. The molecule has 17 heavy (non-hydrogen) atoms. The first kappa shape index (κ1) is 12.0. The maximum Gasteiger partial charge on any atom is 0.324 e. The lowest BCUT2D eigenvalue weighted by atomic mass is 10.2. The molecule has 1 fully saturated rings. The molecule has 1 saturated heterocycles. The Bertz CT molecular complexity index is 440. The standard InChI is InChI=1S/C10H13N3O3S/c1-12(8-2-3-11-5-8)10(14)7-4-9(13(15)16)17-6-7/h4,6,8,11H,2-3,5H2,1H3. The Kier molecular flexibility index (Phi) is 3.39. The van der Waals surface area contributed by atoms with Crippen molar-refractivity contribution in [2.45, 2.75) is 12.5 Å². The van der Waals surface area contributed by atoms with Crippen LogP contribution >= 0.6 is 11.3 Å². The largest absolute Gasteiger partial charge is 0.337 e. The highest BCUT2D eigenvalue weighted by Crippen LogP contribution is 2.24. The zero-order valence-corrected chi connectivity index (χ0v) is 10.2. The fourth-order valence-corrected chi connectivity index (χ4v) is 2.57. The number of carbonyl (C=O) groups excluding carboxylic acids is 1. The van der Waals surface area contributed by atoms with Crippen molar-refractivity contribution in [2.75, 3.05) is 20.1 Å². The number of nitrogens with one attached hydrogen (secondary N) is 1. The van der Waals surface area contributed by atoms with E-state index in [0.717, 1.165) is 30.8 Å². The lowest BCUT2D eigenvalue weighted by Gasteiger charge is -2.23. The summed E-state index contributed by atoms with van der Waals surface area (Å²) in [6.45, 7) is 1.69. The highest BCUT2D eigenvalue weighted by atomic mass is 32.1. The van der Waals surface area contributed by atoms with Crippen molar-refractivity contribution < 1.29 is 9.72 Å². The maximum absolute atomic E-state index is 12.0. The molecule has 92 valence electrons. The average Bonchev–Trinajstić information content (AvgIpc) is 2.97. The van der Waals surface area contributed by atoms with Gasteiger partial charge in [0.1, 0.15) is 0 Å². The summed E-state index contributed by atoms with van der Waals surface area (Å²) in [5.74, 6) is -0.150. The van der Waals surface area contributed by atoms with E-state index in [2.05, 4.69) is 5.32 Å². The van der Waals surface area contributed by atoms with Gasteiger partial charge in [0.2, 0.25) is 0 Å². The van der Waals surface area contributed by atoms with Crippen LogP contribution in [0.25, 0.3) is 0 Å². The molecule has 0 radical (unpaired) electrons. The van der Waals surface area contributed by atoms with E-state index >= 15 is 0 Å². The van der Waals surface area contributed by atoms with Crippen molar-refractivity contribution in [3.63, 3.8) is 0 Å². The second kappa shape index (κ2) is 4.80. The molecule has 0 saturated carbocycles. The summed E-state index contributed by atoms with van der Waals surface area (Å²) in [7, 11) is 1.74. The summed E-state index contributed by atoms with van der Waals surface area (Å²) in [5.41, 5.74) is 0.399. The first-order chi connectivity index (χ1) is 8.09. The highest BCUT2D eigenvalue weighted by Gasteiger charge is 2.25. The summed E-state index contributed by atoms with van der Waals surface area (Å²) in [5, 5.41) is 15.3. The van der Waals surface area contributed by atoms with Gasteiger partial charge < -0.3 is 10.2 Å². The Morgan fingerprint density at radius 3 is 3.00 bits per heavy atom. The van der Waals surface area contributed by atoms with Crippen LogP contribution in [0.15, 0.2) is 11.4 Å². The van der Waals surface area contributed by atoms with Gasteiger partial charge in [0.25, 0.3) is 5.91 Å². The van der Waals surface area contributed by atoms with Gasteiger partial charge in [0.05, 0.1) is 10.5 Å². The minimum Gasteiger partial charge on any atom is -0.337 e. The lowest BCUT2D eigenvalue weighted by Crippen LogP contribution is -2.38. The maximum atomic E-state index is 12.0. The van der Waals surface area contributed by atoms with Crippen LogP contribution in [-0.2, 0) is 0 Å². The van der Waals surface area contributed by atoms with Crippen molar-refractivity contribution in [3.8, 4) is 0 Å². The zero-order chi connectivity index (χ0) is 12.4. The molecule has 2 rings (SSSR count). The Morgan fingerprint density at radius 2 is 2.47 bits per heavy atom. The van der Waals surface area contributed by atoms with Gasteiger partial charge in [0.15, 0.2) is 0 Å². The molecule has 1 amide bonds. The monoisotopic (exact) mass is 255 g/mol. The molecule has 0 spiro atoms. The van der Waals surface area contributed by atoms with Crippen LogP contribution < -0.4 is 5.32 Å². The fourth-order valence-electron chi connectivity index (χ4n) is 1.87. The molecule has 1 aliphatic heterocycles. The van der Waals surface area contributed by atoms with Gasteiger partial charge in [-0.1, -0.05) is 11.3 Å². The molecule has 0 bridgehead atoms. The number of thiophene rings is 1. The summed E-state index contributed by atoms with van der Waals surface area (Å²) in [6, 6.07) is 1.52. The first-order valence-electron chi connectivity index (χ1n) is 5.30.